The van der Waals surface area contributed by atoms with E-state index in [0.29, 0.717) is 5.71 Å². The third kappa shape index (κ3) is 2.26. The van der Waals surface area contributed by atoms with Gasteiger partial charge < -0.3 is 4.42 Å². The summed E-state index contributed by atoms with van der Waals surface area (Å²) in [4.78, 5) is 11.2. The number of furan rings is 1. The van der Waals surface area contributed by atoms with Crippen molar-refractivity contribution >= 4 is 43.6 Å². The summed E-state index contributed by atoms with van der Waals surface area (Å²) >= 11 is 1.92. The van der Waals surface area contributed by atoms with Crippen molar-refractivity contribution in [3.05, 3.63) is 58.6 Å². The molecular formula is C23H18N2OS. The van der Waals surface area contributed by atoms with Crippen molar-refractivity contribution in [1.29, 1.82) is 0 Å². The topological polar surface area (TPSA) is 38.9 Å². The van der Waals surface area contributed by atoms with Gasteiger partial charge in [-0.2, -0.15) is 0 Å². The average molecular weight is 370 g/mol. The number of aromatic nitrogens is 2. The van der Waals surface area contributed by atoms with Crippen LogP contribution < -0.4 is 0 Å². The van der Waals surface area contributed by atoms with E-state index >= 15 is 0 Å². The highest BCUT2D eigenvalue weighted by Gasteiger charge is 2.19. The Morgan fingerprint density at radius 1 is 0.926 bits per heavy atom. The largest absolute Gasteiger partial charge is 0.437 e. The first-order valence-electron chi connectivity index (χ1n) is 9.48. The molecule has 27 heavy (non-hydrogen) atoms. The molecule has 0 atom stereocenters. The van der Waals surface area contributed by atoms with Gasteiger partial charge in [-0.1, -0.05) is 12.1 Å². The number of hydrogen-bond acceptors (Lipinski definition) is 4. The predicted molar refractivity (Wildman–Crippen MR) is 112 cm³/mol. The summed E-state index contributed by atoms with van der Waals surface area (Å²) in [5.41, 5.74) is 7.22. The lowest BCUT2D eigenvalue weighted by Crippen LogP contribution is -1.98. The Bertz CT molecular complexity index is 1350. The number of fused-ring (bicyclic) bond motifs is 6. The van der Waals surface area contributed by atoms with E-state index in [9.17, 15) is 0 Å². The van der Waals surface area contributed by atoms with E-state index in [2.05, 4.69) is 41.4 Å². The minimum absolute atomic E-state index is 0.700. The Morgan fingerprint density at radius 2 is 1.85 bits per heavy atom. The van der Waals surface area contributed by atoms with Crippen molar-refractivity contribution < 1.29 is 4.42 Å². The van der Waals surface area contributed by atoms with E-state index in [0.717, 1.165) is 39.7 Å². The van der Waals surface area contributed by atoms with E-state index in [4.69, 9.17) is 9.40 Å². The van der Waals surface area contributed by atoms with Gasteiger partial charge in [0, 0.05) is 26.9 Å². The number of nitrogens with zero attached hydrogens (tertiary/aromatic N) is 2. The third-order valence-corrected chi connectivity index (χ3v) is 6.82. The summed E-state index contributed by atoms with van der Waals surface area (Å²) < 4.78 is 7.48. The standard InChI is InChI=1S/C23H18N2OS/c1-13-9-10-15-14-6-4-7-16(22(14)26-23(15)24-13)18-11-12-20-21(25-18)17-5-2-3-8-19(17)27-20/h4,6-7,9-12H,2-3,5,8H2,1H3. The Hall–Kier alpha value is -2.72. The zero-order chi connectivity index (χ0) is 18.0. The van der Waals surface area contributed by atoms with Gasteiger partial charge in [0.15, 0.2) is 0 Å². The highest BCUT2D eigenvalue weighted by Crippen LogP contribution is 2.39. The molecule has 0 saturated carbocycles. The van der Waals surface area contributed by atoms with E-state index in [1.54, 1.807) is 0 Å². The van der Waals surface area contributed by atoms with Crippen LogP contribution in [0.1, 0.15) is 29.0 Å². The molecule has 0 fully saturated rings. The summed E-state index contributed by atoms with van der Waals surface area (Å²) in [7, 11) is 0. The van der Waals surface area contributed by atoms with Crippen molar-refractivity contribution in [3.63, 3.8) is 0 Å². The summed E-state index contributed by atoms with van der Waals surface area (Å²) in [6.45, 7) is 1.99. The first kappa shape index (κ1) is 15.3. The van der Waals surface area contributed by atoms with Crippen LogP contribution >= 0.6 is 11.3 Å². The Kier molecular flexibility index (Phi) is 3.20. The number of thiophene rings is 1. The number of pyridine rings is 2. The van der Waals surface area contributed by atoms with E-state index < -0.39 is 0 Å². The molecule has 4 aromatic heterocycles. The van der Waals surface area contributed by atoms with Gasteiger partial charge in [0.2, 0.25) is 5.71 Å². The summed E-state index contributed by atoms with van der Waals surface area (Å²) in [5, 5.41) is 2.16. The molecule has 3 nitrogen and oxygen atoms in total. The molecule has 0 saturated heterocycles. The van der Waals surface area contributed by atoms with E-state index in [1.165, 1.54) is 39.9 Å². The molecule has 0 aliphatic heterocycles. The SMILES string of the molecule is Cc1ccc2c(n1)oc1c(-c3ccc4sc5c(c4n3)CCCC5)cccc12. The molecule has 1 aliphatic rings. The highest BCUT2D eigenvalue weighted by molar-refractivity contribution is 7.19. The smallest absolute Gasteiger partial charge is 0.227 e. The quantitative estimate of drug-likeness (QED) is 0.340. The molecule has 1 aromatic carbocycles. The molecule has 0 N–H and O–H groups in total. The van der Waals surface area contributed by atoms with Gasteiger partial charge in [0.25, 0.3) is 0 Å². The van der Waals surface area contributed by atoms with Gasteiger partial charge in [-0.05, 0) is 68.5 Å². The Morgan fingerprint density at radius 3 is 2.81 bits per heavy atom. The van der Waals surface area contributed by atoms with E-state index in [1.807, 2.05) is 24.3 Å². The molecule has 0 unspecified atom stereocenters. The number of aryl methyl sites for hydroxylation is 3. The van der Waals surface area contributed by atoms with Crippen molar-refractivity contribution in [2.45, 2.75) is 32.6 Å². The monoisotopic (exact) mass is 370 g/mol. The molecule has 0 radical (unpaired) electrons. The lowest BCUT2D eigenvalue weighted by Gasteiger charge is -2.10. The highest BCUT2D eigenvalue weighted by atomic mass is 32.1. The number of benzene rings is 1. The fourth-order valence-corrected chi connectivity index (χ4v) is 5.48. The van der Waals surface area contributed by atoms with Gasteiger partial charge in [-0.15, -0.1) is 11.3 Å². The molecule has 1 aliphatic carbocycles. The maximum Gasteiger partial charge on any atom is 0.227 e. The zero-order valence-electron chi connectivity index (χ0n) is 15.1. The molecule has 6 rings (SSSR count). The fraction of sp³-hybridized carbons (Fsp3) is 0.217. The maximum atomic E-state index is 6.18. The van der Waals surface area contributed by atoms with Crippen molar-refractivity contribution in [3.8, 4) is 11.3 Å². The number of rotatable bonds is 1. The van der Waals surface area contributed by atoms with Crippen LogP contribution in [-0.2, 0) is 12.8 Å². The van der Waals surface area contributed by atoms with Crippen molar-refractivity contribution in [2.24, 2.45) is 0 Å². The Labute approximate surface area is 160 Å². The molecule has 4 heterocycles. The fourth-order valence-electron chi connectivity index (χ4n) is 4.24. The lowest BCUT2D eigenvalue weighted by molar-refractivity contribution is 0.653. The van der Waals surface area contributed by atoms with Crippen LogP contribution in [0, 0.1) is 6.92 Å². The second-order valence-electron chi connectivity index (χ2n) is 7.34. The van der Waals surface area contributed by atoms with Gasteiger partial charge >= 0.3 is 0 Å². The molecule has 0 spiro atoms. The van der Waals surface area contributed by atoms with Crippen LogP contribution in [0.3, 0.4) is 0 Å². The van der Waals surface area contributed by atoms with Crippen molar-refractivity contribution in [2.75, 3.05) is 0 Å². The third-order valence-electron chi connectivity index (χ3n) is 5.57. The van der Waals surface area contributed by atoms with Crippen LogP contribution in [-0.4, -0.2) is 9.97 Å². The minimum atomic E-state index is 0.700. The second kappa shape index (κ2) is 5.64. The first-order chi connectivity index (χ1) is 13.3. The Balaban J connectivity index is 1.62. The van der Waals surface area contributed by atoms with E-state index in [-0.39, 0.29) is 0 Å². The van der Waals surface area contributed by atoms with Crippen LogP contribution in [0.4, 0.5) is 0 Å². The average Bonchev–Trinajstić information content (AvgIpc) is 3.24. The maximum absolute atomic E-state index is 6.18. The minimum Gasteiger partial charge on any atom is -0.437 e. The number of hydrogen-bond donors (Lipinski definition) is 0. The first-order valence-corrected chi connectivity index (χ1v) is 10.3. The van der Waals surface area contributed by atoms with Crippen LogP contribution in [0.25, 0.3) is 43.5 Å². The molecule has 0 bridgehead atoms. The predicted octanol–water partition coefficient (Wildman–Crippen LogP) is 6.44. The zero-order valence-corrected chi connectivity index (χ0v) is 15.9. The normalized spacial score (nSPS) is 14.3. The molecule has 132 valence electrons. The van der Waals surface area contributed by atoms with Gasteiger partial charge in [0.1, 0.15) is 5.58 Å². The van der Waals surface area contributed by atoms with Crippen LogP contribution in [0.15, 0.2) is 46.9 Å². The molecule has 5 aromatic rings. The van der Waals surface area contributed by atoms with Crippen molar-refractivity contribution in [1.82, 2.24) is 9.97 Å². The lowest BCUT2D eigenvalue weighted by atomic mass is 9.98. The molecule has 0 amide bonds. The van der Waals surface area contributed by atoms with Gasteiger partial charge in [-0.25, -0.2) is 9.97 Å². The van der Waals surface area contributed by atoms with Gasteiger partial charge in [0.05, 0.1) is 15.9 Å². The molecular weight excluding hydrogens is 352 g/mol. The van der Waals surface area contributed by atoms with Gasteiger partial charge in [-0.3, -0.25) is 0 Å². The number of para-hydroxylation sites is 1. The van der Waals surface area contributed by atoms with Crippen LogP contribution in [0.2, 0.25) is 0 Å². The summed E-state index contributed by atoms with van der Waals surface area (Å²) in [6.07, 6.45) is 4.94. The summed E-state index contributed by atoms with van der Waals surface area (Å²) in [5.74, 6) is 0. The summed E-state index contributed by atoms with van der Waals surface area (Å²) in [6, 6.07) is 14.8. The molecule has 4 heteroatoms. The van der Waals surface area contributed by atoms with Crippen LogP contribution in [0.5, 0.6) is 0 Å². The second-order valence-corrected chi connectivity index (χ2v) is 8.48.